The van der Waals surface area contributed by atoms with Crippen LogP contribution in [-0.4, -0.2) is 19.1 Å². The molecule has 1 aliphatic rings. The van der Waals surface area contributed by atoms with Crippen LogP contribution < -0.4 is 5.32 Å². The van der Waals surface area contributed by atoms with E-state index < -0.39 is 0 Å². The Balaban J connectivity index is 2.13. The summed E-state index contributed by atoms with van der Waals surface area (Å²) in [6.45, 7) is 1.03. The van der Waals surface area contributed by atoms with Gasteiger partial charge in [0.2, 0.25) is 0 Å². The van der Waals surface area contributed by atoms with E-state index in [-0.39, 0.29) is 12.1 Å². The van der Waals surface area contributed by atoms with Gasteiger partial charge in [-0.05, 0) is 5.56 Å². The number of carbonyl (C=O) groups is 1. The zero-order valence-corrected chi connectivity index (χ0v) is 7.19. The Kier molecular flexibility index (Phi) is 2.27. The number of rotatable bonds is 1. The fourth-order valence-electron chi connectivity index (χ4n) is 1.40. The Hall–Kier alpha value is -1.35. The lowest BCUT2D eigenvalue weighted by molar-refractivity contribution is -0.151. The van der Waals surface area contributed by atoms with Gasteiger partial charge in [-0.2, -0.15) is 0 Å². The molecule has 0 aliphatic carbocycles. The second-order valence-electron chi connectivity index (χ2n) is 3.02. The molecule has 0 bridgehead atoms. The van der Waals surface area contributed by atoms with Gasteiger partial charge in [-0.25, -0.2) is 0 Å². The van der Waals surface area contributed by atoms with Crippen LogP contribution in [0, 0.1) is 0 Å². The summed E-state index contributed by atoms with van der Waals surface area (Å²) in [5.74, 6) is -0.180. The Morgan fingerprint density at radius 2 is 2.08 bits per heavy atom. The summed E-state index contributed by atoms with van der Waals surface area (Å²) in [7, 11) is 0. The summed E-state index contributed by atoms with van der Waals surface area (Å²) in [5.41, 5.74) is 1.04. The number of esters is 1. The van der Waals surface area contributed by atoms with Gasteiger partial charge in [0.1, 0.15) is 6.10 Å². The number of carbonyl (C=O) groups excluding carboxylic acids is 1. The van der Waals surface area contributed by atoms with Gasteiger partial charge in [-0.1, -0.05) is 30.3 Å². The standard InChI is InChI=1S/C10H11NO2/c12-10-7-11-6-9(13-10)8-4-2-1-3-5-8/h1-5,9,11H,6-7H2. The van der Waals surface area contributed by atoms with E-state index in [1.54, 1.807) is 0 Å². The van der Waals surface area contributed by atoms with Crippen LogP contribution in [0.25, 0.3) is 0 Å². The highest BCUT2D eigenvalue weighted by molar-refractivity contribution is 5.72. The monoisotopic (exact) mass is 177 g/mol. The Labute approximate surface area is 76.7 Å². The number of cyclic esters (lactones) is 1. The zero-order chi connectivity index (χ0) is 9.10. The molecule has 1 aliphatic heterocycles. The second-order valence-corrected chi connectivity index (χ2v) is 3.02. The van der Waals surface area contributed by atoms with Crippen molar-refractivity contribution in [1.29, 1.82) is 0 Å². The largest absolute Gasteiger partial charge is 0.455 e. The van der Waals surface area contributed by atoms with E-state index in [0.29, 0.717) is 13.1 Å². The van der Waals surface area contributed by atoms with Gasteiger partial charge in [0, 0.05) is 6.54 Å². The third-order valence-corrected chi connectivity index (χ3v) is 2.04. The summed E-state index contributed by atoms with van der Waals surface area (Å²) in [6.07, 6.45) is -0.123. The zero-order valence-electron chi connectivity index (χ0n) is 7.19. The second kappa shape index (κ2) is 3.58. The molecule has 3 heteroatoms. The number of hydrogen-bond acceptors (Lipinski definition) is 3. The van der Waals surface area contributed by atoms with Gasteiger partial charge in [0.05, 0.1) is 6.54 Å². The molecular weight excluding hydrogens is 166 g/mol. The van der Waals surface area contributed by atoms with Crippen LogP contribution >= 0.6 is 0 Å². The molecule has 0 amide bonds. The third-order valence-electron chi connectivity index (χ3n) is 2.04. The molecule has 13 heavy (non-hydrogen) atoms. The highest BCUT2D eigenvalue weighted by atomic mass is 16.5. The van der Waals surface area contributed by atoms with Crippen molar-refractivity contribution >= 4 is 5.97 Å². The SMILES string of the molecule is O=C1CNCC(c2ccccc2)O1. The van der Waals surface area contributed by atoms with E-state index in [4.69, 9.17) is 4.74 Å². The minimum absolute atomic E-state index is 0.123. The van der Waals surface area contributed by atoms with Crippen LogP contribution in [0.1, 0.15) is 11.7 Å². The maximum absolute atomic E-state index is 11.0. The van der Waals surface area contributed by atoms with E-state index in [1.807, 2.05) is 30.3 Å². The molecule has 1 unspecified atom stereocenters. The first-order valence-electron chi connectivity index (χ1n) is 4.31. The quantitative estimate of drug-likeness (QED) is 0.647. The van der Waals surface area contributed by atoms with Gasteiger partial charge >= 0.3 is 5.97 Å². The molecule has 68 valence electrons. The van der Waals surface area contributed by atoms with Crippen molar-refractivity contribution < 1.29 is 9.53 Å². The number of ether oxygens (including phenoxy) is 1. The molecule has 0 aromatic heterocycles. The van der Waals surface area contributed by atoms with Crippen LogP contribution in [0.15, 0.2) is 30.3 Å². The van der Waals surface area contributed by atoms with Gasteiger partial charge < -0.3 is 10.1 Å². The molecule has 0 saturated carbocycles. The van der Waals surface area contributed by atoms with Crippen LogP contribution in [0.3, 0.4) is 0 Å². The third kappa shape index (κ3) is 1.87. The molecule has 1 atom stereocenters. The smallest absolute Gasteiger partial charge is 0.320 e. The molecular formula is C10H11NO2. The summed E-state index contributed by atoms with van der Waals surface area (Å²) in [4.78, 5) is 11.0. The van der Waals surface area contributed by atoms with E-state index >= 15 is 0 Å². The molecule has 1 aromatic rings. The van der Waals surface area contributed by atoms with Crippen molar-refractivity contribution in [2.45, 2.75) is 6.10 Å². The van der Waals surface area contributed by atoms with E-state index in [9.17, 15) is 4.79 Å². The Bertz CT molecular complexity index is 297. The highest BCUT2D eigenvalue weighted by Gasteiger charge is 2.20. The van der Waals surface area contributed by atoms with Crippen molar-refractivity contribution in [3.63, 3.8) is 0 Å². The predicted octanol–water partition coefficient (Wildman–Crippen LogP) is 0.874. The number of hydrogen-bond donors (Lipinski definition) is 1. The molecule has 1 fully saturated rings. The summed E-state index contributed by atoms with van der Waals surface area (Å²) < 4.78 is 5.17. The highest BCUT2D eigenvalue weighted by Crippen LogP contribution is 2.17. The van der Waals surface area contributed by atoms with Crippen LogP contribution in [-0.2, 0) is 9.53 Å². The van der Waals surface area contributed by atoms with Crippen molar-refractivity contribution in [2.75, 3.05) is 13.1 Å². The average Bonchev–Trinajstić information content (AvgIpc) is 2.19. The molecule has 1 N–H and O–H groups in total. The van der Waals surface area contributed by atoms with Gasteiger partial charge in [0.25, 0.3) is 0 Å². The minimum atomic E-state index is -0.180. The van der Waals surface area contributed by atoms with Crippen LogP contribution in [0.4, 0.5) is 0 Å². The molecule has 2 rings (SSSR count). The van der Waals surface area contributed by atoms with Gasteiger partial charge in [-0.3, -0.25) is 4.79 Å². The summed E-state index contributed by atoms with van der Waals surface area (Å²) in [5, 5.41) is 3.01. The lowest BCUT2D eigenvalue weighted by Crippen LogP contribution is -2.37. The van der Waals surface area contributed by atoms with E-state index in [0.717, 1.165) is 5.56 Å². The van der Waals surface area contributed by atoms with Crippen molar-refractivity contribution in [3.05, 3.63) is 35.9 Å². The Morgan fingerprint density at radius 3 is 2.77 bits per heavy atom. The molecule has 0 spiro atoms. The van der Waals surface area contributed by atoms with Crippen molar-refractivity contribution in [3.8, 4) is 0 Å². The minimum Gasteiger partial charge on any atom is -0.455 e. The first kappa shape index (κ1) is 8.26. The topological polar surface area (TPSA) is 38.3 Å². The van der Waals surface area contributed by atoms with E-state index in [1.165, 1.54) is 0 Å². The van der Waals surface area contributed by atoms with Gasteiger partial charge in [-0.15, -0.1) is 0 Å². The number of benzene rings is 1. The van der Waals surface area contributed by atoms with Crippen LogP contribution in [0.5, 0.6) is 0 Å². The fourth-order valence-corrected chi connectivity index (χ4v) is 1.40. The van der Waals surface area contributed by atoms with Crippen LogP contribution in [0.2, 0.25) is 0 Å². The average molecular weight is 177 g/mol. The normalized spacial score (nSPS) is 22.5. The molecule has 1 heterocycles. The molecule has 1 saturated heterocycles. The maximum atomic E-state index is 11.0. The molecule has 1 aromatic carbocycles. The first-order valence-corrected chi connectivity index (χ1v) is 4.31. The predicted molar refractivity (Wildman–Crippen MR) is 48.1 cm³/mol. The van der Waals surface area contributed by atoms with Crippen molar-refractivity contribution in [2.24, 2.45) is 0 Å². The lowest BCUT2D eigenvalue weighted by Gasteiger charge is -2.23. The Morgan fingerprint density at radius 1 is 1.31 bits per heavy atom. The first-order chi connectivity index (χ1) is 6.36. The summed E-state index contributed by atoms with van der Waals surface area (Å²) in [6, 6.07) is 9.76. The maximum Gasteiger partial charge on any atom is 0.320 e. The summed E-state index contributed by atoms with van der Waals surface area (Å²) >= 11 is 0. The molecule has 0 radical (unpaired) electrons. The van der Waals surface area contributed by atoms with Crippen molar-refractivity contribution in [1.82, 2.24) is 5.32 Å². The molecule has 3 nitrogen and oxygen atoms in total. The van der Waals surface area contributed by atoms with Gasteiger partial charge in [0.15, 0.2) is 0 Å². The fraction of sp³-hybridized carbons (Fsp3) is 0.300. The number of morpholine rings is 1. The lowest BCUT2D eigenvalue weighted by atomic mass is 10.1. The number of nitrogens with one attached hydrogen (secondary N) is 1. The van der Waals surface area contributed by atoms with E-state index in [2.05, 4.69) is 5.32 Å².